The molecule has 0 radical (unpaired) electrons. The molecule has 0 aliphatic carbocycles. The fourth-order valence-corrected chi connectivity index (χ4v) is 3.38. The molecule has 0 N–H and O–H groups in total. The Morgan fingerprint density at radius 1 is 1.71 bits per heavy atom. The first-order chi connectivity index (χ1) is 6.77. The van der Waals surface area contributed by atoms with Crippen molar-refractivity contribution in [2.24, 2.45) is 0 Å². The van der Waals surface area contributed by atoms with Gasteiger partial charge in [-0.1, -0.05) is 16.1 Å². The van der Waals surface area contributed by atoms with Crippen LogP contribution in [0.15, 0.2) is 0 Å². The molecule has 14 heavy (non-hydrogen) atoms. The van der Waals surface area contributed by atoms with Gasteiger partial charge in [0.25, 0.3) is 0 Å². The van der Waals surface area contributed by atoms with E-state index >= 15 is 0 Å². The summed E-state index contributed by atoms with van der Waals surface area (Å²) in [6.45, 7) is 2.99. The molecule has 0 spiro atoms. The molecule has 78 valence electrons. The minimum absolute atomic E-state index is 0.352. The number of hydrogen-bond donors (Lipinski definition) is 0. The van der Waals surface area contributed by atoms with Crippen LogP contribution in [0.1, 0.15) is 19.0 Å². The fourth-order valence-electron chi connectivity index (χ4n) is 1.40. The standard InChI is InChI=1S/C8H11ClN2OS2/c1-5-7(2-3-12-5)13-4-6-8(9)14-11-10-6/h5,7H,2-4H2,1H3. The van der Waals surface area contributed by atoms with E-state index < -0.39 is 0 Å². The zero-order valence-corrected chi connectivity index (χ0v) is 10.2. The SMILES string of the molecule is CC1OCCC1SCc1nnsc1Cl. The molecule has 1 saturated heterocycles. The number of thioether (sulfide) groups is 1. The summed E-state index contributed by atoms with van der Waals surface area (Å²) in [4.78, 5) is 0. The van der Waals surface area contributed by atoms with Crippen molar-refractivity contribution in [3.8, 4) is 0 Å². The smallest absolute Gasteiger partial charge is 0.138 e. The Morgan fingerprint density at radius 2 is 2.57 bits per heavy atom. The molecule has 0 aromatic carbocycles. The summed E-state index contributed by atoms with van der Waals surface area (Å²) in [5.41, 5.74) is 0.903. The first kappa shape index (κ1) is 10.7. The molecule has 1 aliphatic rings. The number of nitrogens with zero attached hydrogens (tertiary/aromatic N) is 2. The van der Waals surface area contributed by atoms with Crippen LogP contribution in [0.5, 0.6) is 0 Å². The van der Waals surface area contributed by atoms with Crippen molar-refractivity contribution in [1.29, 1.82) is 0 Å². The summed E-state index contributed by atoms with van der Waals surface area (Å²) >= 11 is 9.02. The van der Waals surface area contributed by atoms with Crippen molar-refractivity contribution < 1.29 is 4.74 Å². The van der Waals surface area contributed by atoms with Gasteiger partial charge in [0.15, 0.2) is 0 Å². The van der Waals surface area contributed by atoms with Crippen molar-refractivity contribution in [3.63, 3.8) is 0 Å². The van der Waals surface area contributed by atoms with Gasteiger partial charge in [-0.25, -0.2) is 0 Å². The maximum Gasteiger partial charge on any atom is 0.138 e. The van der Waals surface area contributed by atoms with Crippen molar-refractivity contribution in [2.45, 2.75) is 30.5 Å². The average Bonchev–Trinajstić information content (AvgIpc) is 2.72. The lowest BCUT2D eigenvalue weighted by Crippen LogP contribution is -2.13. The predicted molar refractivity (Wildman–Crippen MR) is 60.0 cm³/mol. The number of rotatable bonds is 3. The molecule has 2 heterocycles. The Kier molecular flexibility index (Phi) is 3.65. The second-order valence-corrected chi connectivity index (χ2v) is 5.79. The van der Waals surface area contributed by atoms with Crippen LogP contribution in [-0.4, -0.2) is 27.5 Å². The van der Waals surface area contributed by atoms with Crippen LogP contribution in [-0.2, 0) is 10.5 Å². The molecule has 1 aliphatic heterocycles. The van der Waals surface area contributed by atoms with Gasteiger partial charge in [0.05, 0.1) is 6.10 Å². The molecule has 1 aromatic rings. The van der Waals surface area contributed by atoms with Gasteiger partial charge in [-0.05, 0) is 13.3 Å². The Labute approximate surface area is 96.3 Å². The van der Waals surface area contributed by atoms with Crippen LogP contribution in [0, 0.1) is 0 Å². The molecule has 0 amide bonds. The molecule has 1 aromatic heterocycles. The number of aromatic nitrogens is 2. The highest BCUT2D eigenvalue weighted by Crippen LogP contribution is 2.30. The molecule has 3 nitrogen and oxygen atoms in total. The zero-order chi connectivity index (χ0) is 9.97. The molecule has 2 atom stereocenters. The van der Waals surface area contributed by atoms with Crippen LogP contribution < -0.4 is 0 Å². The van der Waals surface area contributed by atoms with E-state index in [1.165, 1.54) is 11.5 Å². The van der Waals surface area contributed by atoms with Crippen LogP contribution in [0.25, 0.3) is 0 Å². The quantitative estimate of drug-likeness (QED) is 0.826. The van der Waals surface area contributed by atoms with Gasteiger partial charge in [-0.15, -0.1) is 16.9 Å². The van der Waals surface area contributed by atoms with Gasteiger partial charge in [-0.2, -0.15) is 0 Å². The third kappa shape index (κ3) is 2.39. The Bertz CT molecular complexity index is 307. The predicted octanol–water partition coefficient (Wildman–Crippen LogP) is 2.60. The first-order valence-corrected chi connectivity index (χ1v) is 6.67. The van der Waals surface area contributed by atoms with E-state index in [9.17, 15) is 0 Å². The fraction of sp³-hybridized carbons (Fsp3) is 0.750. The first-order valence-electron chi connectivity index (χ1n) is 4.47. The van der Waals surface area contributed by atoms with E-state index in [4.69, 9.17) is 16.3 Å². The largest absolute Gasteiger partial charge is 0.377 e. The summed E-state index contributed by atoms with van der Waals surface area (Å²) in [7, 11) is 0. The summed E-state index contributed by atoms with van der Waals surface area (Å²) < 4.78 is 9.99. The second kappa shape index (κ2) is 4.79. The van der Waals surface area contributed by atoms with Crippen molar-refractivity contribution >= 4 is 34.9 Å². The van der Waals surface area contributed by atoms with E-state index in [0.717, 1.165) is 24.5 Å². The van der Waals surface area contributed by atoms with Crippen LogP contribution >= 0.6 is 34.9 Å². The number of halogens is 1. The Hall–Kier alpha value is 0.160. The van der Waals surface area contributed by atoms with Crippen molar-refractivity contribution in [1.82, 2.24) is 9.59 Å². The van der Waals surface area contributed by atoms with Gasteiger partial charge >= 0.3 is 0 Å². The van der Waals surface area contributed by atoms with Crippen LogP contribution in [0.4, 0.5) is 0 Å². The molecule has 2 unspecified atom stereocenters. The lowest BCUT2D eigenvalue weighted by molar-refractivity contribution is 0.127. The summed E-state index contributed by atoms with van der Waals surface area (Å²) in [5.74, 6) is 0.841. The monoisotopic (exact) mass is 250 g/mol. The molecule has 0 saturated carbocycles. The van der Waals surface area contributed by atoms with Gasteiger partial charge in [-0.3, -0.25) is 0 Å². The molecule has 0 bridgehead atoms. The number of hydrogen-bond acceptors (Lipinski definition) is 5. The summed E-state index contributed by atoms with van der Waals surface area (Å²) in [6, 6.07) is 0. The third-order valence-corrected chi connectivity index (χ3v) is 4.72. The van der Waals surface area contributed by atoms with Crippen LogP contribution in [0.2, 0.25) is 4.34 Å². The molecule has 6 heteroatoms. The van der Waals surface area contributed by atoms with E-state index in [2.05, 4.69) is 16.5 Å². The molecular weight excluding hydrogens is 240 g/mol. The highest BCUT2D eigenvalue weighted by Gasteiger charge is 2.24. The maximum absolute atomic E-state index is 5.91. The minimum Gasteiger partial charge on any atom is -0.377 e. The van der Waals surface area contributed by atoms with E-state index in [1.807, 2.05) is 11.8 Å². The van der Waals surface area contributed by atoms with Gasteiger partial charge in [0, 0.05) is 29.1 Å². The van der Waals surface area contributed by atoms with Gasteiger partial charge in [0.2, 0.25) is 0 Å². The van der Waals surface area contributed by atoms with Crippen molar-refractivity contribution in [2.75, 3.05) is 6.61 Å². The summed E-state index contributed by atoms with van der Waals surface area (Å²) in [6.07, 6.45) is 1.48. The Balaban J connectivity index is 1.85. The lowest BCUT2D eigenvalue weighted by atomic mass is 10.3. The molecule has 2 rings (SSSR count). The van der Waals surface area contributed by atoms with E-state index in [0.29, 0.717) is 15.7 Å². The van der Waals surface area contributed by atoms with E-state index in [-0.39, 0.29) is 0 Å². The lowest BCUT2D eigenvalue weighted by Gasteiger charge is -2.12. The number of ether oxygens (including phenoxy) is 1. The summed E-state index contributed by atoms with van der Waals surface area (Å²) in [5, 5.41) is 4.55. The average molecular weight is 251 g/mol. The normalized spacial score (nSPS) is 27.0. The van der Waals surface area contributed by atoms with Gasteiger partial charge in [0.1, 0.15) is 10.0 Å². The highest BCUT2D eigenvalue weighted by atomic mass is 35.5. The topological polar surface area (TPSA) is 35.0 Å². The molecular formula is C8H11ClN2OS2. The zero-order valence-electron chi connectivity index (χ0n) is 7.77. The molecule has 1 fully saturated rings. The minimum atomic E-state index is 0.352. The third-order valence-electron chi connectivity index (χ3n) is 2.25. The van der Waals surface area contributed by atoms with Crippen molar-refractivity contribution in [3.05, 3.63) is 10.0 Å². The second-order valence-electron chi connectivity index (χ2n) is 3.21. The highest BCUT2D eigenvalue weighted by molar-refractivity contribution is 7.99. The maximum atomic E-state index is 5.91. The van der Waals surface area contributed by atoms with Crippen LogP contribution in [0.3, 0.4) is 0 Å². The van der Waals surface area contributed by atoms with E-state index in [1.54, 1.807) is 0 Å². The van der Waals surface area contributed by atoms with Gasteiger partial charge < -0.3 is 4.74 Å². The Morgan fingerprint density at radius 3 is 3.14 bits per heavy atom.